The molecule has 2 rings (SSSR count). The summed E-state index contributed by atoms with van der Waals surface area (Å²) >= 11 is 0. The minimum Gasteiger partial charge on any atom is -0.483 e. The first-order valence-corrected chi connectivity index (χ1v) is 6.55. The normalized spacial score (nSPS) is 17.6. The zero-order chi connectivity index (χ0) is 14.4. The Kier molecular flexibility index (Phi) is 4.95. The van der Waals surface area contributed by atoms with E-state index in [2.05, 4.69) is 10.9 Å². The third-order valence-corrected chi connectivity index (χ3v) is 3.00. The molecule has 1 heterocycles. The molecular formula is C14H18N2O4. The van der Waals surface area contributed by atoms with E-state index in [1.54, 1.807) is 6.07 Å². The van der Waals surface area contributed by atoms with Gasteiger partial charge in [-0.15, -0.1) is 0 Å². The smallest absolute Gasteiger partial charge is 0.276 e. The third kappa shape index (κ3) is 3.96. The molecule has 0 aromatic heterocycles. The van der Waals surface area contributed by atoms with Gasteiger partial charge in [-0.25, -0.2) is 0 Å². The van der Waals surface area contributed by atoms with Crippen LogP contribution in [0.2, 0.25) is 0 Å². The molecule has 1 unspecified atom stereocenters. The second kappa shape index (κ2) is 6.91. The van der Waals surface area contributed by atoms with Gasteiger partial charge in [0.2, 0.25) is 0 Å². The summed E-state index contributed by atoms with van der Waals surface area (Å²) in [5, 5.41) is 0. The van der Waals surface area contributed by atoms with Crippen molar-refractivity contribution in [3.05, 3.63) is 29.8 Å². The molecule has 1 aromatic rings. The Balaban J connectivity index is 1.70. The summed E-state index contributed by atoms with van der Waals surface area (Å²) < 4.78 is 10.6. The molecule has 0 saturated carbocycles. The van der Waals surface area contributed by atoms with Crippen molar-refractivity contribution >= 4 is 11.8 Å². The number of para-hydroxylation sites is 1. The molecule has 6 nitrogen and oxygen atoms in total. The number of hydrogen-bond acceptors (Lipinski definition) is 4. The molecule has 0 radical (unpaired) electrons. The van der Waals surface area contributed by atoms with Gasteiger partial charge in [-0.2, -0.15) is 0 Å². The number of rotatable bonds is 4. The van der Waals surface area contributed by atoms with Gasteiger partial charge < -0.3 is 9.47 Å². The SMILES string of the molecule is Cc1ccccc1OCC(=O)NNC(=O)C1CCCO1. The molecule has 0 bridgehead atoms. The second-order valence-electron chi connectivity index (χ2n) is 4.59. The van der Waals surface area contributed by atoms with Gasteiger partial charge in [0.1, 0.15) is 11.9 Å². The highest BCUT2D eigenvalue weighted by Gasteiger charge is 2.23. The Hall–Kier alpha value is -2.08. The summed E-state index contributed by atoms with van der Waals surface area (Å²) in [6.45, 7) is 2.32. The van der Waals surface area contributed by atoms with Crippen molar-refractivity contribution in [3.8, 4) is 5.75 Å². The van der Waals surface area contributed by atoms with Crippen molar-refractivity contribution in [1.82, 2.24) is 10.9 Å². The highest BCUT2D eigenvalue weighted by Crippen LogP contribution is 2.15. The van der Waals surface area contributed by atoms with E-state index < -0.39 is 12.0 Å². The molecule has 1 saturated heterocycles. The summed E-state index contributed by atoms with van der Waals surface area (Å²) in [4.78, 5) is 23.1. The summed E-state index contributed by atoms with van der Waals surface area (Å²) in [6, 6.07) is 7.41. The van der Waals surface area contributed by atoms with Crippen LogP contribution >= 0.6 is 0 Å². The quantitative estimate of drug-likeness (QED) is 0.795. The number of hydrazine groups is 1. The van der Waals surface area contributed by atoms with Crippen LogP contribution in [0.4, 0.5) is 0 Å². The van der Waals surface area contributed by atoms with Crippen molar-refractivity contribution in [1.29, 1.82) is 0 Å². The van der Waals surface area contributed by atoms with Crippen molar-refractivity contribution in [3.63, 3.8) is 0 Å². The third-order valence-electron chi connectivity index (χ3n) is 3.00. The van der Waals surface area contributed by atoms with Gasteiger partial charge in [-0.3, -0.25) is 20.4 Å². The predicted molar refractivity (Wildman–Crippen MR) is 71.9 cm³/mol. The molecule has 1 aliphatic heterocycles. The molecule has 0 spiro atoms. The first kappa shape index (κ1) is 14.3. The zero-order valence-corrected chi connectivity index (χ0v) is 11.3. The van der Waals surface area contributed by atoms with Crippen molar-refractivity contribution in [2.45, 2.75) is 25.9 Å². The number of carbonyl (C=O) groups is 2. The van der Waals surface area contributed by atoms with E-state index in [1.807, 2.05) is 25.1 Å². The molecule has 1 atom stereocenters. The van der Waals surface area contributed by atoms with E-state index in [1.165, 1.54) is 0 Å². The van der Waals surface area contributed by atoms with Crippen LogP contribution in [0.1, 0.15) is 18.4 Å². The second-order valence-corrected chi connectivity index (χ2v) is 4.59. The van der Waals surface area contributed by atoms with Crippen LogP contribution in [0, 0.1) is 6.92 Å². The summed E-state index contributed by atoms with van der Waals surface area (Å²) in [6.07, 6.45) is 1.08. The molecule has 1 aromatic carbocycles. The lowest BCUT2D eigenvalue weighted by Crippen LogP contribution is -2.47. The van der Waals surface area contributed by atoms with Gasteiger partial charge in [0.25, 0.3) is 11.8 Å². The highest BCUT2D eigenvalue weighted by atomic mass is 16.5. The fraction of sp³-hybridized carbons (Fsp3) is 0.429. The lowest BCUT2D eigenvalue weighted by atomic mass is 10.2. The van der Waals surface area contributed by atoms with Crippen LogP contribution < -0.4 is 15.6 Å². The highest BCUT2D eigenvalue weighted by molar-refractivity contribution is 5.85. The number of amides is 2. The summed E-state index contributed by atoms with van der Waals surface area (Å²) in [5.41, 5.74) is 5.59. The van der Waals surface area contributed by atoms with Crippen LogP contribution in [0.15, 0.2) is 24.3 Å². The van der Waals surface area contributed by atoms with Gasteiger partial charge >= 0.3 is 0 Å². The van der Waals surface area contributed by atoms with E-state index in [-0.39, 0.29) is 12.5 Å². The van der Waals surface area contributed by atoms with Crippen LogP contribution in [-0.4, -0.2) is 31.1 Å². The van der Waals surface area contributed by atoms with Crippen molar-refractivity contribution in [2.75, 3.05) is 13.2 Å². The Morgan fingerprint density at radius 1 is 1.35 bits per heavy atom. The molecule has 2 N–H and O–H groups in total. The largest absolute Gasteiger partial charge is 0.483 e. The number of ether oxygens (including phenoxy) is 2. The predicted octanol–water partition coefficient (Wildman–Crippen LogP) is 0.700. The van der Waals surface area contributed by atoms with E-state index in [9.17, 15) is 9.59 Å². The zero-order valence-electron chi connectivity index (χ0n) is 11.3. The van der Waals surface area contributed by atoms with Gasteiger partial charge in [0, 0.05) is 6.61 Å². The Morgan fingerprint density at radius 3 is 2.85 bits per heavy atom. The van der Waals surface area contributed by atoms with Crippen molar-refractivity contribution in [2.24, 2.45) is 0 Å². The Bertz CT molecular complexity index is 484. The van der Waals surface area contributed by atoms with Crippen LogP contribution in [0.25, 0.3) is 0 Å². The Morgan fingerprint density at radius 2 is 2.15 bits per heavy atom. The first-order valence-electron chi connectivity index (χ1n) is 6.55. The van der Waals surface area contributed by atoms with Gasteiger partial charge in [0.15, 0.2) is 6.61 Å². The maximum atomic E-state index is 11.6. The minimum absolute atomic E-state index is 0.156. The number of nitrogens with one attached hydrogen (secondary N) is 2. The standard InChI is InChI=1S/C14H18N2O4/c1-10-5-2-3-6-11(10)20-9-13(17)15-16-14(18)12-7-4-8-19-12/h2-3,5-6,12H,4,7-9H2,1H3,(H,15,17)(H,16,18). The lowest BCUT2D eigenvalue weighted by molar-refractivity contribution is -0.135. The summed E-state index contributed by atoms with van der Waals surface area (Å²) in [5.74, 6) is -0.0977. The number of hydrogen-bond donors (Lipinski definition) is 2. The maximum absolute atomic E-state index is 11.6. The van der Waals surface area contributed by atoms with E-state index >= 15 is 0 Å². The molecule has 0 aliphatic carbocycles. The number of aryl methyl sites for hydroxylation is 1. The maximum Gasteiger partial charge on any atom is 0.276 e. The number of benzene rings is 1. The fourth-order valence-corrected chi connectivity index (χ4v) is 1.89. The minimum atomic E-state index is -0.465. The molecule has 20 heavy (non-hydrogen) atoms. The van der Waals surface area contributed by atoms with Gasteiger partial charge in [-0.05, 0) is 31.4 Å². The van der Waals surface area contributed by atoms with Crippen LogP contribution in [0.5, 0.6) is 5.75 Å². The average Bonchev–Trinajstić information content (AvgIpc) is 2.98. The van der Waals surface area contributed by atoms with Gasteiger partial charge in [0.05, 0.1) is 0 Å². The monoisotopic (exact) mass is 278 g/mol. The number of carbonyl (C=O) groups excluding carboxylic acids is 2. The summed E-state index contributed by atoms with van der Waals surface area (Å²) in [7, 11) is 0. The molecule has 1 fully saturated rings. The fourth-order valence-electron chi connectivity index (χ4n) is 1.89. The molecular weight excluding hydrogens is 260 g/mol. The molecule has 6 heteroatoms. The van der Waals surface area contributed by atoms with Crippen LogP contribution in [0.3, 0.4) is 0 Å². The topological polar surface area (TPSA) is 76.7 Å². The average molecular weight is 278 g/mol. The molecule has 108 valence electrons. The van der Waals surface area contributed by atoms with E-state index in [4.69, 9.17) is 9.47 Å². The van der Waals surface area contributed by atoms with Gasteiger partial charge in [-0.1, -0.05) is 18.2 Å². The van der Waals surface area contributed by atoms with E-state index in [0.29, 0.717) is 18.8 Å². The molecule has 2 amide bonds. The lowest BCUT2D eigenvalue weighted by Gasteiger charge is -2.12. The van der Waals surface area contributed by atoms with Crippen LogP contribution in [-0.2, 0) is 14.3 Å². The molecule has 1 aliphatic rings. The van der Waals surface area contributed by atoms with Crippen molar-refractivity contribution < 1.29 is 19.1 Å². The first-order chi connectivity index (χ1) is 9.66. The van der Waals surface area contributed by atoms with E-state index in [0.717, 1.165) is 12.0 Å². The Labute approximate surface area is 117 Å².